The minimum atomic E-state index is 0.120. The second kappa shape index (κ2) is 5.82. The van der Waals surface area contributed by atoms with E-state index in [1.165, 1.54) is 5.56 Å². The van der Waals surface area contributed by atoms with Gasteiger partial charge in [-0.2, -0.15) is 0 Å². The van der Waals surface area contributed by atoms with Crippen LogP contribution in [0.3, 0.4) is 0 Å². The van der Waals surface area contributed by atoms with Gasteiger partial charge in [-0.05, 0) is 42.5 Å². The molecule has 0 aliphatic carbocycles. The SMILES string of the molecule is O=C(c1ccc2c(c1)COC2)N1CCCC[C@@H]1c1nccs1. The van der Waals surface area contributed by atoms with Crippen LogP contribution in [-0.2, 0) is 18.0 Å². The third-order valence-corrected chi connectivity index (χ3v) is 5.35. The molecule has 3 heterocycles. The zero-order valence-corrected chi connectivity index (χ0v) is 13.1. The Morgan fingerprint density at radius 2 is 2.18 bits per heavy atom. The number of likely N-dealkylation sites (tertiary alicyclic amines) is 1. The monoisotopic (exact) mass is 314 g/mol. The second-order valence-electron chi connectivity index (χ2n) is 5.86. The van der Waals surface area contributed by atoms with Crippen molar-refractivity contribution in [3.8, 4) is 0 Å². The Bertz CT molecular complexity index is 684. The highest BCUT2D eigenvalue weighted by atomic mass is 32.1. The van der Waals surface area contributed by atoms with E-state index >= 15 is 0 Å². The first-order valence-corrected chi connectivity index (χ1v) is 8.61. The summed E-state index contributed by atoms with van der Waals surface area (Å²) in [6.07, 6.45) is 5.06. The van der Waals surface area contributed by atoms with Gasteiger partial charge in [-0.1, -0.05) is 6.07 Å². The number of rotatable bonds is 2. The summed E-state index contributed by atoms with van der Waals surface area (Å²) in [5.41, 5.74) is 3.12. The number of piperidine rings is 1. The third kappa shape index (κ3) is 2.44. The van der Waals surface area contributed by atoms with E-state index in [2.05, 4.69) is 4.98 Å². The van der Waals surface area contributed by atoms with Crippen molar-refractivity contribution in [2.24, 2.45) is 0 Å². The van der Waals surface area contributed by atoms with E-state index in [9.17, 15) is 4.79 Å². The number of amides is 1. The highest BCUT2D eigenvalue weighted by Crippen LogP contribution is 2.33. The van der Waals surface area contributed by atoms with Gasteiger partial charge in [-0.15, -0.1) is 11.3 Å². The summed E-state index contributed by atoms with van der Waals surface area (Å²) in [4.78, 5) is 19.4. The van der Waals surface area contributed by atoms with Crippen LogP contribution >= 0.6 is 11.3 Å². The molecule has 1 aromatic heterocycles. The Morgan fingerprint density at radius 1 is 1.27 bits per heavy atom. The Kier molecular flexibility index (Phi) is 3.68. The topological polar surface area (TPSA) is 42.4 Å². The molecular formula is C17H18N2O2S. The van der Waals surface area contributed by atoms with Gasteiger partial charge in [0.15, 0.2) is 0 Å². The molecule has 1 aromatic carbocycles. The van der Waals surface area contributed by atoms with Crippen LogP contribution in [0.2, 0.25) is 0 Å². The van der Waals surface area contributed by atoms with Crippen molar-refractivity contribution in [1.29, 1.82) is 0 Å². The fourth-order valence-electron chi connectivity index (χ4n) is 3.30. The minimum absolute atomic E-state index is 0.120. The van der Waals surface area contributed by atoms with Crippen molar-refractivity contribution in [2.75, 3.05) is 6.54 Å². The van der Waals surface area contributed by atoms with E-state index in [4.69, 9.17) is 4.74 Å². The molecule has 0 saturated carbocycles. The maximum Gasteiger partial charge on any atom is 0.254 e. The quantitative estimate of drug-likeness (QED) is 0.851. The molecule has 22 heavy (non-hydrogen) atoms. The standard InChI is InChI=1S/C17H18N2O2S/c20-17(12-4-5-13-10-21-11-14(13)9-12)19-7-2-1-3-15(19)16-18-6-8-22-16/h4-6,8-9,15H,1-3,7,10-11H2/t15-/m1/s1. The van der Waals surface area contributed by atoms with Crippen LogP contribution in [0.25, 0.3) is 0 Å². The number of carbonyl (C=O) groups is 1. The van der Waals surface area contributed by atoms with Gasteiger partial charge in [0.1, 0.15) is 5.01 Å². The molecule has 4 rings (SSSR count). The number of hydrogen-bond acceptors (Lipinski definition) is 4. The molecule has 2 aliphatic heterocycles. The number of benzene rings is 1. The van der Waals surface area contributed by atoms with Gasteiger partial charge >= 0.3 is 0 Å². The van der Waals surface area contributed by atoms with Crippen molar-refractivity contribution in [2.45, 2.75) is 38.5 Å². The normalized spacial score (nSPS) is 20.9. The molecular weight excluding hydrogens is 296 g/mol. The molecule has 2 aliphatic rings. The Hall–Kier alpha value is -1.72. The maximum absolute atomic E-state index is 13.0. The van der Waals surface area contributed by atoms with Gasteiger partial charge in [0, 0.05) is 23.7 Å². The molecule has 0 N–H and O–H groups in total. The van der Waals surface area contributed by atoms with Gasteiger partial charge in [0.2, 0.25) is 0 Å². The van der Waals surface area contributed by atoms with Crippen molar-refractivity contribution in [1.82, 2.24) is 9.88 Å². The first kappa shape index (κ1) is 13.9. The molecule has 0 bridgehead atoms. The van der Waals surface area contributed by atoms with Crippen LogP contribution in [-0.4, -0.2) is 22.3 Å². The molecule has 1 saturated heterocycles. The summed E-state index contributed by atoms with van der Waals surface area (Å²) in [6.45, 7) is 2.10. The lowest BCUT2D eigenvalue weighted by Gasteiger charge is -2.34. The molecule has 2 aromatic rings. The number of fused-ring (bicyclic) bond motifs is 1. The van der Waals surface area contributed by atoms with Crippen molar-refractivity contribution >= 4 is 17.2 Å². The van der Waals surface area contributed by atoms with Crippen molar-refractivity contribution in [3.63, 3.8) is 0 Å². The highest BCUT2D eigenvalue weighted by Gasteiger charge is 2.30. The molecule has 5 heteroatoms. The lowest BCUT2D eigenvalue weighted by atomic mass is 10.00. The predicted octanol–water partition coefficient (Wildman–Crippen LogP) is 3.54. The second-order valence-corrected chi connectivity index (χ2v) is 6.78. The van der Waals surface area contributed by atoms with Crippen LogP contribution < -0.4 is 0 Å². The lowest BCUT2D eigenvalue weighted by molar-refractivity contribution is 0.0611. The van der Waals surface area contributed by atoms with Crippen LogP contribution in [0.1, 0.15) is 51.8 Å². The number of aromatic nitrogens is 1. The molecule has 0 radical (unpaired) electrons. The summed E-state index contributed by atoms with van der Waals surface area (Å²) in [7, 11) is 0. The van der Waals surface area contributed by atoms with Crippen molar-refractivity contribution < 1.29 is 9.53 Å². The molecule has 4 nitrogen and oxygen atoms in total. The van der Waals surface area contributed by atoms with E-state index in [1.807, 2.05) is 34.7 Å². The maximum atomic E-state index is 13.0. The van der Waals surface area contributed by atoms with Crippen molar-refractivity contribution in [3.05, 3.63) is 51.5 Å². The fourth-order valence-corrected chi connectivity index (χ4v) is 4.09. The van der Waals surface area contributed by atoms with Crippen LogP contribution in [0.4, 0.5) is 0 Å². The average molecular weight is 314 g/mol. The van der Waals surface area contributed by atoms with Gasteiger partial charge in [0.25, 0.3) is 5.91 Å². The molecule has 114 valence electrons. The van der Waals surface area contributed by atoms with Crippen LogP contribution in [0, 0.1) is 0 Å². The number of ether oxygens (including phenoxy) is 1. The lowest BCUT2D eigenvalue weighted by Crippen LogP contribution is -2.38. The summed E-state index contributed by atoms with van der Waals surface area (Å²) in [5.74, 6) is 0.120. The van der Waals surface area contributed by atoms with Gasteiger partial charge in [-0.3, -0.25) is 4.79 Å². The van der Waals surface area contributed by atoms with Crippen LogP contribution in [0.15, 0.2) is 29.8 Å². The Balaban J connectivity index is 1.62. The minimum Gasteiger partial charge on any atom is -0.372 e. The number of nitrogens with zero attached hydrogens (tertiary/aromatic N) is 2. The zero-order chi connectivity index (χ0) is 14.9. The first-order chi connectivity index (χ1) is 10.8. The molecule has 0 unspecified atom stereocenters. The first-order valence-electron chi connectivity index (χ1n) is 7.73. The smallest absolute Gasteiger partial charge is 0.254 e. The predicted molar refractivity (Wildman–Crippen MR) is 84.7 cm³/mol. The number of carbonyl (C=O) groups excluding carboxylic acids is 1. The van der Waals surface area contributed by atoms with E-state index in [-0.39, 0.29) is 11.9 Å². The van der Waals surface area contributed by atoms with Crippen LogP contribution in [0.5, 0.6) is 0 Å². The third-order valence-electron chi connectivity index (χ3n) is 4.47. The van der Waals surface area contributed by atoms with Gasteiger partial charge < -0.3 is 9.64 Å². The summed E-state index contributed by atoms with van der Waals surface area (Å²) < 4.78 is 5.44. The van der Waals surface area contributed by atoms with Gasteiger partial charge in [-0.25, -0.2) is 4.98 Å². The highest BCUT2D eigenvalue weighted by molar-refractivity contribution is 7.09. The zero-order valence-electron chi connectivity index (χ0n) is 12.3. The molecule has 1 amide bonds. The summed E-state index contributed by atoms with van der Waals surface area (Å²) in [5, 5.41) is 3.04. The molecule has 1 fully saturated rings. The fraction of sp³-hybridized carbons (Fsp3) is 0.412. The molecule has 0 spiro atoms. The Labute approximate surface area is 133 Å². The Morgan fingerprint density at radius 3 is 3.05 bits per heavy atom. The number of hydrogen-bond donors (Lipinski definition) is 0. The van der Waals surface area contributed by atoms with E-state index in [0.29, 0.717) is 13.2 Å². The van der Waals surface area contributed by atoms with Gasteiger partial charge in [0.05, 0.1) is 19.3 Å². The average Bonchev–Trinajstić information content (AvgIpc) is 3.24. The number of thiazole rings is 1. The summed E-state index contributed by atoms with van der Waals surface area (Å²) >= 11 is 1.64. The molecule has 1 atom stereocenters. The van der Waals surface area contributed by atoms with E-state index in [0.717, 1.165) is 41.9 Å². The van der Waals surface area contributed by atoms with E-state index < -0.39 is 0 Å². The largest absolute Gasteiger partial charge is 0.372 e. The summed E-state index contributed by atoms with van der Waals surface area (Å²) in [6, 6.07) is 6.09. The van der Waals surface area contributed by atoms with E-state index in [1.54, 1.807) is 11.3 Å².